The van der Waals surface area contributed by atoms with E-state index in [4.69, 9.17) is 16.3 Å². The fourth-order valence-electron chi connectivity index (χ4n) is 1.11. The zero-order valence-electron chi connectivity index (χ0n) is 9.60. The van der Waals surface area contributed by atoms with E-state index < -0.39 is 9.84 Å². The van der Waals surface area contributed by atoms with Gasteiger partial charge in [0.2, 0.25) is 0 Å². The van der Waals surface area contributed by atoms with Crippen LogP contribution >= 0.6 is 11.6 Å². The van der Waals surface area contributed by atoms with Crippen molar-refractivity contribution in [1.29, 1.82) is 0 Å². The summed E-state index contributed by atoms with van der Waals surface area (Å²) in [5.74, 6) is 0.562. The maximum absolute atomic E-state index is 10.9. The summed E-state index contributed by atoms with van der Waals surface area (Å²) in [6, 6.07) is 0.208. The van der Waals surface area contributed by atoms with Crippen LogP contribution in [0.5, 0.6) is 6.01 Å². The van der Waals surface area contributed by atoms with Crippen molar-refractivity contribution in [1.82, 2.24) is 9.97 Å². The number of sulfone groups is 1. The number of rotatable bonds is 6. The molecule has 1 aromatic heterocycles. The minimum Gasteiger partial charge on any atom is -0.467 e. The van der Waals surface area contributed by atoms with Crippen molar-refractivity contribution in [2.75, 3.05) is 31.0 Å². The van der Waals surface area contributed by atoms with E-state index in [9.17, 15) is 8.42 Å². The van der Waals surface area contributed by atoms with Gasteiger partial charge in [-0.25, -0.2) is 13.4 Å². The molecule has 0 saturated carbocycles. The third-order valence-electron chi connectivity index (χ3n) is 1.89. The third kappa shape index (κ3) is 5.18. The maximum atomic E-state index is 10.9. The van der Waals surface area contributed by atoms with Crippen molar-refractivity contribution in [3.63, 3.8) is 0 Å². The molecule has 0 fully saturated rings. The maximum Gasteiger partial charge on any atom is 0.318 e. The fourth-order valence-corrected chi connectivity index (χ4v) is 1.94. The van der Waals surface area contributed by atoms with Crippen LogP contribution in [0.2, 0.25) is 5.02 Å². The Balaban J connectivity index is 2.51. The minimum atomic E-state index is -2.93. The van der Waals surface area contributed by atoms with Crippen LogP contribution in [-0.2, 0) is 9.84 Å². The Bertz CT molecular complexity index is 478. The number of hydrogen-bond donors (Lipinski definition) is 1. The van der Waals surface area contributed by atoms with Gasteiger partial charge in [0.1, 0.15) is 14.9 Å². The number of halogens is 1. The minimum absolute atomic E-state index is 0.125. The number of methoxy groups -OCH3 is 1. The van der Waals surface area contributed by atoms with Gasteiger partial charge < -0.3 is 10.1 Å². The monoisotopic (exact) mass is 279 g/mol. The predicted molar refractivity (Wildman–Crippen MR) is 66.4 cm³/mol. The molecule has 0 aliphatic carbocycles. The van der Waals surface area contributed by atoms with Gasteiger partial charge >= 0.3 is 6.01 Å². The Morgan fingerprint density at radius 1 is 1.53 bits per heavy atom. The van der Waals surface area contributed by atoms with E-state index in [1.165, 1.54) is 19.6 Å². The highest BCUT2D eigenvalue weighted by Crippen LogP contribution is 2.19. The van der Waals surface area contributed by atoms with Gasteiger partial charge in [0.25, 0.3) is 0 Å². The standard InChI is InChI=1S/C9H14ClN3O3S/c1-16-9-12-6-7(10)8(13-9)11-4-3-5-17(2,14)15/h6H,3-5H2,1-2H3,(H,11,12,13). The van der Waals surface area contributed by atoms with E-state index in [-0.39, 0.29) is 11.8 Å². The van der Waals surface area contributed by atoms with Crippen LogP contribution in [0.4, 0.5) is 5.82 Å². The van der Waals surface area contributed by atoms with Crippen molar-refractivity contribution in [3.05, 3.63) is 11.2 Å². The third-order valence-corrected chi connectivity index (χ3v) is 3.20. The van der Waals surface area contributed by atoms with Crippen LogP contribution < -0.4 is 10.1 Å². The summed E-state index contributed by atoms with van der Waals surface area (Å²) in [5.41, 5.74) is 0. The van der Waals surface area contributed by atoms with Crippen molar-refractivity contribution in [2.45, 2.75) is 6.42 Å². The summed E-state index contributed by atoms with van der Waals surface area (Å²) in [5, 5.41) is 3.30. The molecule has 0 saturated heterocycles. The van der Waals surface area contributed by atoms with Gasteiger partial charge in [-0.2, -0.15) is 4.98 Å². The molecule has 8 heteroatoms. The molecule has 0 aromatic carbocycles. The Kier molecular flexibility index (Phi) is 4.95. The molecule has 0 spiro atoms. The van der Waals surface area contributed by atoms with Crippen LogP contribution in [-0.4, -0.2) is 44.0 Å². The number of ether oxygens (including phenoxy) is 1. The van der Waals surface area contributed by atoms with Crippen LogP contribution in [0, 0.1) is 0 Å². The van der Waals surface area contributed by atoms with Gasteiger partial charge in [-0.05, 0) is 6.42 Å². The lowest BCUT2D eigenvalue weighted by atomic mass is 10.4. The lowest BCUT2D eigenvalue weighted by Gasteiger charge is -2.07. The number of nitrogens with one attached hydrogen (secondary N) is 1. The molecule has 0 atom stereocenters. The quantitative estimate of drug-likeness (QED) is 0.782. The zero-order chi connectivity index (χ0) is 12.9. The lowest BCUT2D eigenvalue weighted by molar-refractivity contribution is 0.380. The number of aromatic nitrogens is 2. The largest absolute Gasteiger partial charge is 0.467 e. The van der Waals surface area contributed by atoms with E-state index in [0.29, 0.717) is 23.8 Å². The van der Waals surface area contributed by atoms with Crippen molar-refractivity contribution in [2.24, 2.45) is 0 Å². The molecule has 0 unspecified atom stereocenters. The summed E-state index contributed by atoms with van der Waals surface area (Å²) in [6.07, 6.45) is 3.11. The zero-order valence-corrected chi connectivity index (χ0v) is 11.2. The van der Waals surface area contributed by atoms with E-state index in [2.05, 4.69) is 15.3 Å². The van der Waals surface area contributed by atoms with Gasteiger partial charge in [0.05, 0.1) is 19.1 Å². The molecule has 0 aliphatic rings. The second-order valence-corrected chi connectivity index (χ2v) is 6.13. The first kappa shape index (κ1) is 14.0. The van der Waals surface area contributed by atoms with Gasteiger partial charge in [-0.3, -0.25) is 0 Å². The number of nitrogens with zero attached hydrogens (tertiary/aromatic N) is 2. The highest BCUT2D eigenvalue weighted by atomic mass is 35.5. The van der Waals surface area contributed by atoms with Crippen molar-refractivity contribution < 1.29 is 13.2 Å². The summed E-state index contributed by atoms with van der Waals surface area (Å²) in [4.78, 5) is 7.82. The first-order valence-electron chi connectivity index (χ1n) is 4.90. The van der Waals surface area contributed by atoms with Gasteiger partial charge in [-0.1, -0.05) is 11.6 Å². The Hall–Kier alpha value is -1.08. The van der Waals surface area contributed by atoms with E-state index >= 15 is 0 Å². The van der Waals surface area contributed by atoms with Gasteiger partial charge in [0.15, 0.2) is 5.82 Å². The average molecular weight is 280 g/mol. The van der Waals surface area contributed by atoms with E-state index in [1.807, 2.05) is 0 Å². The normalized spacial score (nSPS) is 11.2. The van der Waals surface area contributed by atoms with Crippen LogP contribution in [0.15, 0.2) is 6.20 Å². The molecule has 1 heterocycles. The fraction of sp³-hybridized carbons (Fsp3) is 0.556. The first-order chi connectivity index (χ1) is 7.92. The van der Waals surface area contributed by atoms with E-state index in [0.717, 1.165) is 0 Å². The summed E-state index contributed by atoms with van der Waals surface area (Å²) in [6.45, 7) is 0.465. The molecule has 1 aromatic rings. The Morgan fingerprint density at radius 2 is 2.24 bits per heavy atom. The van der Waals surface area contributed by atoms with Crippen LogP contribution in [0.3, 0.4) is 0 Å². The molecular formula is C9H14ClN3O3S. The van der Waals surface area contributed by atoms with Crippen LogP contribution in [0.1, 0.15) is 6.42 Å². The second-order valence-electron chi connectivity index (χ2n) is 3.46. The lowest BCUT2D eigenvalue weighted by Crippen LogP contribution is -2.11. The molecular weight excluding hydrogens is 266 g/mol. The molecule has 0 amide bonds. The molecule has 6 nitrogen and oxygen atoms in total. The number of hydrogen-bond acceptors (Lipinski definition) is 6. The highest BCUT2D eigenvalue weighted by molar-refractivity contribution is 7.90. The molecule has 1 N–H and O–H groups in total. The van der Waals surface area contributed by atoms with Gasteiger partial charge in [0, 0.05) is 12.8 Å². The highest BCUT2D eigenvalue weighted by Gasteiger charge is 2.06. The summed E-state index contributed by atoms with van der Waals surface area (Å²) >= 11 is 5.86. The van der Waals surface area contributed by atoms with Crippen LogP contribution in [0.25, 0.3) is 0 Å². The average Bonchev–Trinajstić information content (AvgIpc) is 2.25. The van der Waals surface area contributed by atoms with Crippen molar-refractivity contribution in [3.8, 4) is 6.01 Å². The molecule has 96 valence electrons. The first-order valence-corrected chi connectivity index (χ1v) is 7.34. The second kappa shape index (κ2) is 6.02. The molecule has 0 aliphatic heterocycles. The molecule has 0 radical (unpaired) electrons. The summed E-state index contributed by atoms with van der Waals surface area (Å²) < 4.78 is 26.7. The summed E-state index contributed by atoms with van der Waals surface area (Å²) in [7, 11) is -1.48. The van der Waals surface area contributed by atoms with Gasteiger partial charge in [-0.15, -0.1) is 0 Å². The van der Waals surface area contributed by atoms with E-state index in [1.54, 1.807) is 0 Å². The number of anilines is 1. The molecule has 17 heavy (non-hydrogen) atoms. The predicted octanol–water partition coefficient (Wildman–Crippen LogP) is 0.985. The SMILES string of the molecule is COc1ncc(Cl)c(NCCCS(C)(=O)=O)n1. The molecule has 1 rings (SSSR count). The Morgan fingerprint density at radius 3 is 2.82 bits per heavy atom. The smallest absolute Gasteiger partial charge is 0.318 e. The topological polar surface area (TPSA) is 81.2 Å². The molecule has 0 bridgehead atoms. The van der Waals surface area contributed by atoms with Crippen molar-refractivity contribution >= 4 is 27.3 Å². The Labute approximate surface area is 105 Å².